The number of hydrogen-bond acceptors (Lipinski definition) is 16. The largest absolute Gasteiger partial charge is 2.00 e. The van der Waals surface area contributed by atoms with Crippen LogP contribution in [0.5, 0.6) is 11.5 Å². The summed E-state index contributed by atoms with van der Waals surface area (Å²) in [5.74, 6) is 5.32. The van der Waals surface area contributed by atoms with Crippen LogP contribution in [0.4, 0.5) is 69.0 Å². The minimum atomic E-state index is -0.0410. The molecular formula is C122H94N15O4Pt5+. The van der Waals surface area contributed by atoms with Crippen LogP contribution >= 0.6 is 0 Å². The SMILES string of the molecule is CC(=O)c1ccccc1[N-]c1ccccc1[N-]c1ccccc1C(C)=O.CN(c1cccc(-c2[c-]cccc2)n1)c1cccc(-c2[c-]cccc2)n1.CN(c1cccc(-c2[c-]cccc2-c2ccccc2)n1)c1cccc(-c2[c-]cccc2-c2ccccc2)n1.C[N+](C)(c1cccc(-c2[c-]nccc2)n1)c1cccc(-c2[c-]nccc2)n1.Oc1ccccc1C=Nc1ccccc1N=Cc1ccccc1O.[Pt+2].[Pt+2].[Pt+2].[Pt+2].[Pt]. The van der Waals surface area contributed by atoms with Crippen molar-refractivity contribution in [2.24, 2.45) is 9.98 Å². The van der Waals surface area contributed by atoms with Crippen LogP contribution in [0.15, 0.2) is 447 Å². The number of nitrogens with zero attached hydrogens (tertiary/aromatic N) is 15. The number of aliphatic imine (C=N–C) groups is 2. The van der Waals surface area contributed by atoms with Gasteiger partial charge in [-0.2, -0.15) is 11.4 Å². The smallest absolute Gasteiger partial charge is 0.658 e. The molecule has 8 heterocycles. The molecule has 730 valence electrons. The van der Waals surface area contributed by atoms with Crippen molar-refractivity contribution in [1.82, 2.24) is 44.4 Å². The van der Waals surface area contributed by atoms with E-state index >= 15 is 0 Å². The van der Waals surface area contributed by atoms with E-state index in [0.29, 0.717) is 60.9 Å². The summed E-state index contributed by atoms with van der Waals surface area (Å²) in [5, 5.41) is 28.9. The zero-order chi connectivity index (χ0) is 97.5. The maximum Gasteiger partial charge on any atom is 2.00 e. The molecule has 2 N–H and O–H groups in total. The molecule has 0 atom stereocenters. The average molecular weight is 2810 g/mol. The van der Waals surface area contributed by atoms with Crippen molar-refractivity contribution in [3.05, 3.63) is 507 Å². The van der Waals surface area contributed by atoms with Crippen LogP contribution in [0, 0.1) is 36.7 Å². The minimum absolute atomic E-state index is 0. The Hall–Kier alpha value is -15.3. The molecule has 146 heavy (non-hydrogen) atoms. The summed E-state index contributed by atoms with van der Waals surface area (Å²) in [7, 11) is 8.11. The topological polar surface area (TPSA) is 237 Å². The van der Waals surface area contributed by atoms with Gasteiger partial charge in [-0.15, -0.1) is 178 Å². The molecule has 0 aliphatic carbocycles. The number of benzene rings is 12. The summed E-state index contributed by atoms with van der Waals surface area (Å²) >= 11 is 0. The van der Waals surface area contributed by atoms with Crippen molar-refractivity contribution in [3.8, 4) is 101 Å². The molecule has 0 spiro atoms. The predicted molar refractivity (Wildman–Crippen MR) is 569 cm³/mol. The number of rotatable bonds is 24. The summed E-state index contributed by atoms with van der Waals surface area (Å²) in [6, 6.07) is 149. The van der Waals surface area contributed by atoms with E-state index in [1.807, 2.05) is 327 Å². The Bertz CT molecular complexity index is 7260. The first kappa shape index (κ1) is 111. The average Bonchev–Trinajstić information content (AvgIpc) is 0.788. The third kappa shape index (κ3) is 29.5. The normalized spacial score (nSPS) is 10.5. The van der Waals surface area contributed by atoms with Gasteiger partial charge in [0.1, 0.15) is 34.8 Å². The van der Waals surface area contributed by atoms with Gasteiger partial charge in [0.25, 0.3) is 0 Å². The molecule has 0 unspecified atom stereocenters. The van der Waals surface area contributed by atoms with Gasteiger partial charge in [-0.1, -0.05) is 277 Å². The van der Waals surface area contributed by atoms with Gasteiger partial charge in [0, 0.05) is 82.0 Å². The number of Topliss-reactive ketones (excluding diaryl/α,β-unsaturated/α-hetero) is 2. The molecule has 19 nitrogen and oxygen atoms in total. The zero-order valence-electron chi connectivity index (χ0n) is 79.7. The molecule has 0 saturated heterocycles. The van der Waals surface area contributed by atoms with Crippen molar-refractivity contribution >= 4 is 93.0 Å². The van der Waals surface area contributed by atoms with Crippen LogP contribution in [-0.4, -0.2) is 102 Å². The van der Waals surface area contributed by atoms with Gasteiger partial charge in [0.05, 0.1) is 25.5 Å². The van der Waals surface area contributed by atoms with E-state index in [1.165, 1.54) is 13.8 Å². The molecule has 8 aromatic heterocycles. The van der Waals surface area contributed by atoms with Crippen LogP contribution in [0.3, 0.4) is 0 Å². The van der Waals surface area contributed by atoms with Gasteiger partial charge in [0.2, 0.25) is 11.6 Å². The number of phenolic OH excluding ortho intramolecular Hbond substituents is 2. The third-order valence-electron chi connectivity index (χ3n) is 22.4. The number of phenols is 2. The van der Waals surface area contributed by atoms with Crippen LogP contribution < -0.4 is 14.3 Å². The summed E-state index contributed by atoms with van der Waals surface area (Å²) in [5.41, 5.74) is 21.5. The van der Waals surface area contributed by atoms with E-state index < -0.39 is 0 Å². The van der Waals surface area contributed by atoms with Crippen LogP contribution in [0.2, 0.25) is 0 Å². The maximum absolute atomic E-state index is 11.8. The van der Waals surface area contributed by atoms with Crippen LogP contribution in [0.25, 0.3) is 100 Å². The van der Waals surface area contributed by atoms with E-state index in [-0.39, 0.29) is 128 Å². The number of carbonyl (C=O) groups is 2. The number of pyridine rings is 8. The predicted octanol–water partition coefficient (Wildman–Crippen LogP) is 29.1. The third-order valence-corrected chi connectivity index (χ3v) is 22.4. The number of aromatic hydroxyl groups is 2. The van der Waals surface area contributed by atoms with Crippen LogP contribution in [-0.2, 0) is 105 Å². The number of para-hydroxylation sites is 8. The summed E-state index contributed by atoms with van der Waals surface area (Å²) < 4.78 is 0.405. The molecule has 20 rings (SSSR count). The maximum atomic E-state index is 11.8. The first-order valence-electron chi connectivity index (χ1n) is 45.4. The second kappa shape index (κ2) is 55.5. The Morgan fingerprint density at radius 1 is 0.315 bits per heavy atom. The van der Waals surface area contributed by atoms with Gasteiger partial charge < -0.3 is 40.6 Å². The van der Waals surface area contributed by atoms with Gasteiger partial charge in [-0.25, -0.2) is 14.5 Å². The number of hydrogen-bond donors (Lipinski definition) is 2. The van der Waals surface area contributed by atoms with Gasteiger partial charge >= 0.3 is 84.3 Å². The molecule has 0 fully saturated rings. The Morgan fingerprint density at radius 2 is 0.630 bits per heavy atom. The fourth-order valence-corrected chi connectivity index (χ4v) is 15.0. The Labute approximate surface area is 923 Å². The molecule has 0 amide bonds. The van der Waals surface area contributed by atoms with E-state index in [1.54, 1.807) is 85.5 Å². The van der Waals surface area contributed by atoms with E-state index in [2.05, 4.69) is 142 Å². The summed E-state index contributed by atoms with van der Waals surface area (Å²) in [4.78, 5) is 73.9. The molecule has 0 radical (unpaired) electrons. The Morgan fingerprint density at radius 3 is 0.993 bits per heavy atom. The fourth-order valence-electron chi connectivity index (χ4n) is 15.0. The van der Waals surface area contributed by atoms with Crippen LogP contribution in [0.1, 0.15) is 45.7 Å². The molecule has 20 aromatic rings. The van der Waals surface area contributed by atoms with Crippen molar-refractivity contribution in [2.45, 2.75) is 13.8 Å². The Kier molecular flexibility index (Phi) is 42.3. The molecule has 0 saturated carbocycles. The van der Waals surface area contributed by atoms with Gasteiger partial charge in [0.15, 0.2) is 11.6 Å². The van der Waals surface area contributed by atoms with Crippen molar-refractivity contribution < 1.29 is 125 Å². The summed E-state index contributed by atoms with van der Waals surface area (Å²) in [6.07, 6.45) is 12.6. The number of aromatic nitrogens is 8. The molecular weight excluding hydrogens is 2710 g/mol. The van der Waals surface area contributed by atoms with Crippen molar-refractivity contribution in [2.75, 3.05) is 38.0 Å². The first-order chi connectivity index (χ1) is 69.0. The Balaban J connectivity index is 0.000000174. The van der Waals surface area contributed by atoms with Gasteiger partial charge in [-0.3, -0.25) is 39.5 Å². The molecule has 0 bridgehead atoms. The first-order valence-corrected chi connectivity index (χ1v) is 45.4. The van der Waals surface area contributed by atoms with Gasteiger partial charge in [-0.05, 0) is 121 Å². The van der Waals surface area contributed by atoms with Crippen molar-refractivity contribution in [1.29, 1.82) is 0 Å². The number of carbonyl (C=O) groups excluding carboxylic acids is 2. The molecule has 24 heteroatoms. The molecule has 0 aliphatic rings. The second-order valence-corrected chi connectivity index (χ2v) is 32.4. The standard InChI is InChI=1S/C35H25N3.C23H17N3.C22H18N5.C22H20N2O2.C20H16N2O2.5Pt/c1-38(34-24-12-22-32(36-34)30-20-10-8-18-28(30)26-14-4-2-5-15-26)35-25-13-23-33(37-35)31-21-11-9-19-29(31)27-16-6-3-7-17-27;1-26(22-16-8-14-20(24-22)18-10-4-2-5-11-18)23-17-9-15-21(25-23)19-12-6-3-7-13-19;1-27(2,21-11-3-9-19(25-21)17-7-5-13-23-15-17)22-12-4-10-20(26-22)18-8-6-14-24-16-18;1-15(25)17-9-3-5-11-19(17)23-21-13-7-8-14-22(21)24-20-12-6-4-10-18(20)16(2)26;23-19-11-5-1-7-15(19)13-21-17-9-3-4-10-18(17)22-14-16-8-2-6-12-20(16)24;;;;;/h2-19,22-25H,1H3;2-10,12,14-17H,1H3;3-14H,1-2H3;3-14H,1-2H3,(H2,23,24,25,26);1-14,23-24H;;;;;/q2*-2;-1;;;;4*+2/p-2. The monoisotopic (exact) mass is 2810 g/mol. The summed E-state index contributed by atoms with van der Waals surface area (Å²) in [6.45, 7) is 3.04. The second-order valence-electron chi connectivity index (χ2n) is 32.4. The quantitative estimate of drug-likeness (QED) is 0.0248. The molecule has 0 aliphatic heterocycles. The fraction of sp³-hybridized carbons (Fsp3) is 0.0492. The van der Waals surface area contributed by atoms with E-state index in [4.69, 9.17) is 29.9 Å². The van der Waals surface area contributed by atoms with E-state index in [9.17, 15) is 19.8 Å². The minimum Gasteiger partial charge on any atom is -0.658 e. The molecule has 12 aromatic carbocycles. The number of anilines is 4. The number of quaternary nitrogens is 1. The zero-order valence-corrected chi connectivity index (χ0v) is 91.1. The van der Waals surface area contributed by atoms with E-state index in [0.717, 1.165) is 125 Å². The van der Waals surface area contributed by atoms with Crippen molar-refractivity contribution in [3.63, 3.8) is 0 Å². The number of ketones is 2.